The molecule has 6 heteroatoms. The lowest BCUT2D eigenvalue weighted by atomic mass is 10.2. The number of halogens is 1. The van der Waals surface area contributed by atoms with Gasteiger partial charge in [0.25, 0.3) is 5.91 Å². The van der Waals surface area contributed by atoms with Crippen molar-refractivity contribution in [2.75, 3.05) is 5.32 Å². The average Bonchev–Trinajstić information content (AvgIpc) is 2.53. The maximum atomic E-state index is 12.2. The van der Waals surface area contributed by atoms with Crippen LogP contribution in [-0.4, -0.2) is 20.7 Å². The molecule has 0 spiro atoms. The van der Waals surface area contributed by atoms with Crippen LogP contribution in [0.3, 0.4) is 0 Å². The van der Waals surface area contributed by atoms with Crippen LogP contribution in [0.4, 0.5) is 5.69 Å². The minimum atomic E-state index is -0.194. The molecular formula is C12H13ClN4O. The summed E-state index contributed by atoms with van der Waals surface area (Å²) in [6.45, 7) is 3.66. The van der Waals surface area contributed by atoms with Gasteiger partial charge < -0.3 is 5.32 Å². The topological polar surface area (TPSA) is 59.8 Å². The predicted molar refractivity (Wildman–Crippen MR) is 69.9 cm³/mol. The molecule has 0 unspecified atom stereocenters. The smallest absolute Gasteiger partial charge is 0.259 e. The van der Waals surface area contributed by atoms with E-state index in [1.54, 1.807) is 29.9 Å². The van der Waals surface area contributed by atoms with Crippen molar-refractivity contribution in [1.82, 2.24) is 14.8 Å². The molecule has 0 aliphatic heterocycles. The molecular weight excluding hydrogens is 252 g/mol. The lowest BCUT2D eigenvalue weighted by Gasteiger charge is -2.05. The first kappa shape index (κ1) is 12.6. The molecule has 2 aromatic heterocycles. The van der Waals surface area contributed by atoms with Crippen molar-refractivity contribution < 1.29 is 4.79 Å². The van der Waals surface area contributed by atoms with Gasteiger partial charge in [-0.2, -0.15) is 5.10 Å². The number of hydrogen-bond donors (Lipinski definition) is 1. The standard InChI is InChI=1S/C12H13ClN4O/c1-7-11(8(2)17(3)16-7)12(18)15-9-4-5-14-10(13)6-9/h4-6H,1-3H3,(H,14,15,18). The molecule has 2 rings (SSSR count). The van der Waals surface area contributed by atoms with Crippen molar-refractivity contribution in [3.8, 4) is 0 Å². The Labute approximate surface area is 110 Å². The molecule has 0 atom stereocenters. The first-order chi connectivity index (χ1) is 8.49. The van der Waals surface area contributed by atoms with Crippen LogP contribution in [-0.2, 0) is 7.05 Å². The summed E-state index contributed by atoms with van der Waals surface area (Å²) >= 11 is 5.76. The number of rotatable bonds is 2. The second-order valence-corrected chi connectivity index (χ2v) is 4.38. The van der Waals surface area contributed by atoms with E-state index in [9.17, 15) is 4.79 Å². The zero-order valence-electron chi connectivity index (χ0n) is 10.4. The van der Waals surface area contributed by atoms with E-state index >= 15 is 0 Å². The fourth-order valence-corrected chi connectivity index (χ4v) is 1.95. The molecule has 0 bridgehead atoms. The Morgan fingerprint density at radius 1 is 1.44 bits per heavy atom. The molecule has 1 N–H and O–H groups in total. The van der Waals surface area contributed by atoms with E-state index in [-0.39, 0.29) is 5.91 Å². The van der Waals surface area contributed by atoms with Crippen LogP contribution in [0, 0.1) is 13.8 Å². The van der Waals surface area contributed by atoms with E-state index in [1.807, 2.05) is 14.0 Å². The Hall–Kier alpha value is -1.88. The maximum absolute atomic E-state index is 12.2. The van der Waals surface area contributed by atoms with Gasteiger partial charge in [-0.1, -0.05) is 11.6 Å². The second-order valence-electron chi connectivity index (χ2n) is 3.99. The van der Waals surface area contributed by atoms with Gasteiger partial charge in [0.15, 0.2) is 0 Å². The minimum absolute atomic E-state index is 0.194. The van der Waals surface area contributed by atoms with Crippen LogP contribution in [0.25, 0.3) is 0 Å². The Morgan fingerprint density at radius 3 is 2.72 bits per heavy atom. The highest BCUT2D eigenvalue weighted by Crippen LogP contribution is 2.16. The molecule has 5 nitrogen and oxygen atoms in total. The monoisotopic (exact) mass is 264 g/mol. The SMILES string of the molecule is Cc1nn(C)c(C)c1C(=O)Nc1ccnc(Cl)c1. The third-order valence-electron chi connectivity index (χ3n) is 2.72. The van der Waals surface area contributed by atoms with Gasteiger partial charge >= 0.3 is 0 Å². The Morgan fingerprint density at radius 2 is 2.17 bits per heavy atom. The summed E-state index contributed by atoms with van der Waals surface area (Å²) < 4.78 is 1.68. The van der Waals surface area contributed by atoms with Gasteiger partial charge in [0.2, 0.25) is 0 Å². The van der Waals surface area contributed by atoms with Crippen LogP contribution in [0.2, 0.25) is 5.15 Å². The van der Waals surface area contributed by atoms with Crippen molar-refractivity contribution in [3.63, 3.8) is 0 Å². The van der Waals surface area contributed by atoms with Crippen molar-refractivity contribution in [1.29, 1.82) is 0 Å². The third kappa shape index (κ3) is 2.36. The van der Waals surface area contributed by atoms with Gasteiger partial charge in [-0.05, 0) is 26.0 Å². The number of aryl methyl sites for hydroxylation is 2. The van der Waals surface area contributed by atoms with Crippen molar-refractivity contribution in [3.05, 3.63) is 40.4 Å². The van der Waals surface area contributed by atoms with Gasteiger partial charge in [-0.25, -0.2) is 4.98 Å². The van der Waals surface area contributed by atoms with Crippen molar-refractivity contribution >= 4 is 23.2 Å². The summed E-state index contributed by atoms with van der Waals surface area (Å²) in [6, 6.07) is 3.28. The number of nitrogens with zero attached hydrogens (tertiary/aromatic N) is 3. The van der Waals surface area contributed by atoms with Gasteiger partial charge in [0, 0.05) is 24.6 Å². The lowest BCUT2D eigenvalue weighted by molar-refractivity contribution is 0.102. The Balaban J connectivity index is 2.27. The van der Waals surface area contributed by atoms with E-state index in [4.69, 9.17) is 11.6 Å². The van der Waals surface area contributed by atoms with E-state index in [1.165, 1.54) is 0 Å². The van der Waals surface area contributed by atoms with Crippen LogP contribution in [0.5, 0.6) is 0 Å². The summed E-state index contributed by atoms with van der Waals surface area (Å²) in [6.07, 6.45) is 1.54. The molecule has 1 amide bonds. The molecule has 0 fully saturated rings. The first-order valence-corrected chi connectivity index (χ1v) is 5.80. The number of carbonyl (C=O) groups excluding carboxylic acids is 1. The molecule has 0 aliphatic carbocycles. The van der Waals surface area contributed by atoms with Crippen LogP contribution < -0.4 is 5.32 Å². The minimum Gasteiger partial charge on any atom is -0.322 e. The normalized spacial score (nSPS) is 10.4. The number of pyridine rings is 1. The molecule has 2 heterocycles. The molecule has 18 heavy (non-hydrogen) atoms. The number of hydrogen-bond acceptors (Lipinski definition) is 3. The van der Waals surface area contributed by atoms with Crippen LogP contribution >= 0.6 is 11.6 Å². The second kappa shape index (κ2) is 4.78. The number of amides is 1. The zero-order chi connectivity index (χ0) is 13.3. The zero-order valence-corrected chi connectivity index (χ0v) is 11.1. The fraction of sp³-hybridized carbons (Fsp3) is 0.250. The number of carbonyl (C=O) groups is 1. The summed E-state index contributed by atoms with van der Waals surface area (Å²) in [7, 11) is 1.81. The lowest BCUT2D eigenvalue weighted by Crippen LogP contribution is -2.14. The van der Waals surface area contributed by atoms with E-state index in [2.05, 4.69) is 15.4 Å². The highest BCUT2D eigenvalue weighted by atomic mass is 35.5. The molecule has 0 aliphatic rings. The number of nitrogens with one attached hydrogen (secondary N) is 1. The van der Waals surface area contributed by atoms with Crippen molar-refractivity contribution in [2.24, 2.45) is 7.05 Å². The predicted octanol–water partition coefficient (Wildman–Crippen LogP) is 2.34. The third-order valence-corrected chi connectivity index (χ3v) is 2.93. The molecule has 94 valence electrons. The van der Waals surface area contributed by atoms with E-state index in [0.717, 1.165) is 5.69 Å². The van der Waals surface area contributed by atoms with Crippen LogP contribution in [0.15, 0.2) is 18.3 Å². The van der Waals surface area contributed by atoms with Gasteiger partial charge in [-0.15, -0.1) is 0 Å². The molecule has 0 radical (unpaired) electrons. The van der Waals surface area contributed by atoms with E-state index in [0.29, 0.717) is 22.1 Å². The number of aromatic nitrogens is 3. The number of anilines is 1. The highest BCUT2D eigenvalue weighted by Gasteiger charge is 2.17. The maximum Gasteiger partial charge on any atom is 0.259 e. The molecule has 2 aromatic rings. The molecule has 0 saturated carbocycles. The first-order valence-electron chi connectivity index (χ1n) is 5.42. The Bertz CT molecular complexity index is 606. The average molecular weight is 265 g/mol. The molecule has 0 aromatic carbocycles. The summed E-state index contributed by atoms with van der Waals surface area (Å²) in [5, 5.41) is 7.33. The van der Waals surface area contributed by atoms with Crippen LogP contribution in [0.1, 0.15) is 21.7 Å². The van der Waals surface area contributed by atoms with Gasteiger partial charge in [0.1, 0.15) is 5.15 Å². The molecule has 0 saturated heterocycles. The highest BCUT2D eigenvalue weighted by molar-refractivity contribution is 6.29. The quantitative estimate of drug-likeness (QED) is 0.847. The fourth-order valence-electron chi connectivity index (χ4n) is 1.78. The summed E-state index contributed by atoms with van der Waals surface area (Å²) in [5.41, 5.74) is 2.73. The Kier molecular flexibility index (Phi) is 3.34. The summed E-state index contributed by atoms with van der Waals surface area (Å²) in [4.78, 5) is 16.0. The largest absolute Gasteiger partial charge is 0.322 e. The summed E-state index contributed by atoms with van der Waals surface area (Å²) in [5.74, 6) is -0.194. The van der Waals surface area contributed by atoms with Gasteiger partial charge in [0.05, 0.1) is 11.3 Å². The van der Waals surface area contributed by atoms with E-state index < -0.39 is 0 Å². The van der Waals surface area contributed by atoms with Crippen molar-refractivity contribution in [2.45, 2.75) is 13.8 Å². The van der Waals surface area contributed by atoms with Gasteiger partial charge in [-0.3, -0.25) is 9.48 Å².